The van der Waals surface area contributed by atoms with Crippen LogP contribution in [0.4, 0.5) is 5.69 Å². The molecular formula is C20H23NO4. The number of rotatable bonds is 2. The number of allylic oxidation sites excluding steroid dienone is 1. The third-order valence-electron chi connectivity index (χ3n) is 5.69. The molecule has 1 amide bonds. The maximum atomic E-state index is 13.2. The fourth-order valence-electron chi connectivity index (χ4n) is 4.52. The molecule has 25 heavy (non-hydrogen) atoms. The highest BCUT2D eigenvalue weighted by Gasteiger charge is 2.67. The second-order valence-electron chi connectivity index (χ2n) is 7.53. The van der Waals surface area contributed by atoms with Gasteiger partial charge in [-0.3, -0.25) is 19.3 Å². The Morgan fingerprint density at radius 1 is 1.12 bits per heavy atom. The monoisotopic (exact) mass is 341 g/mol. The Hall–Kier alpha value is -2.43. The zero-order chi connectivity index (χ0) is 18.6. The summed E-state index contributed by atoms with van der Waals surface area (Å²) in [6.07, 6.45) is 1.62. The molecule has 2 atom stereocenters. The lowest BCUT2D eigenvalue weighted by Crippen LogP contribution is -2.65. The summed E-state index contributed by atoms with van der Waals surface area (Å²) in [6, 6.07) is 7.02. The Kier molecular flexibility index (Phi) is 3.86. The minimum absolute atomic E-state index is 0.0825. The summed E-state index contributed by atoms with van der Waals surface area (Å²) in [6.45, 7) is 7.20. The van der Waals surface area contributed by atoms with Crippen LogP contribution >= 0.6 is 0 Å². The first-order valence-corrected chi connectivity index (χ1v) is 8.41. The van der Waals surface area contributed by atoms with Gasteiger partial charge in [0.1, 0.15) is 11.3 Å². The molecule has 0 radical (unpaired) electrons. The third-order valence-corrected chi connectivity index (χ3v) is 5.69. The van der Waals surface area contributed by atoms with Gasteiger partial charge in [0.25, 0.3) is 0 Å². The zero-order valence-electron chi connectivity index (χ0n) is 15.3. The summed E-state index contributed by atoms with van der Waals surface area (Å²) in [5.41, 5.74) is -0.798. The van der Waals surface area contributed by atoms with E-state index in [1.807, 2.05) is 13.8 Å². The summed E-state index contributed by atoms with van der Waals surface area (Å²) in [5.74, 6) is -0.340. The van der Waals surface area contributed by atoms with Crippen LogP contribution in [-0.4, -0.2) is 30.1 Å². The van der Waals surface area contributed by atoms with Gasteiger partial charge in [-0.25, -0.2) is 0 Å². The highest BCUT2D eigenvalue weighted by Crippen LogP contribution is 2.54. The van der Waals surface area contributed by atoms with Crippen molar-refractivity contribution in [1.82, 2.24) is 0 Å². The predicted octanol–water partition coefficient (Wildman–Crippen LogP) is 2.93. The van der Waals surface area contributed by atoms with Crippen LogP contribution in [0.3, 0.4) is 0 Å². The van der Waals surface area contributed by atoms with Gasteiger partial charge < -0.3 is 4.74 Å². The van der Waals surface area contributed by atoms with Crippen molar-refractivity contribution in [2.24, 2.45) is 11.3 Å². The smallest absolute Gasteiger partial charge is 0.228 e. The molecule has 132 valence electrons. The van der Waals surface area contributed by atoms with Crippen molar-refractivity contribution in [2.45, 2.75) is 39.7 Å². The molecule has 0 aromatic heterocycles. The lowest BCUT2D eigenvalue weighted by atomic mass is 9.60. The molecule has 2 unspecified atom stereocenters. The molecule has 1 spiro atoms. The summed E-state index contributed by atoms with van der Waals surface area (Å²) in [7, 11) is 1.57. The van der Waals surface area contributed by atoms with Gasteiger partial charge in [0.05, 0.1) is 13.0 Å². The average Bonchev–Trinajstić information content (AvgIpc) is 2.77. The molecule has 1 aliphatic carbocycles. The van der Waals surface area contributed by atoms with Crippen molar-refractivity contribution in [3.63, 3.8) is 0 Å². The van der Waals surface area contributed by atoms with E-state index in [0.717, 1.165) is 0 Å². The van der Waals surface area contributed by atoms with Crippen LogP contribution in [0.15, 0.2) is 35.9 Å². The van der Waals surface area contributed by atoms with Crippen LogP contribution in [0.1, 0.15) is 34.1 Å². The fourth-order valence-corrected chi connectivity index (χ4v) is 4.52. The molecule has 1 fully saturated rings. The number of hydrogen-bond acceptors (Lipinski definition) is 4. The number of methoxy groups -OCH3 is 1. The summed E-state index contributed by atoms with van der Waals surface area (Å²) >= 11 is 0. The molecule has 2 aliphatic rings. The fraction of sp³-hybridized carbons (Fsp3) is 0.450. The van der Waals surface area contributed by atoms with Gasteiger partial charge in [-0.15, -0.1) is 0 Å². The van der Waals surface area contributed by atoms with Crippen molar-refractivity contribution in [3.8, 4) is 5.75 Å². The van der Waals surface area contributed by atoms with Gasteiger partial charge in [-0.05, 0) is 42.8 Å². The number of anilines is 1. The predicted molar refractivity (Wildman–Crippen MR) is 94.5 cm³/mol. The molecule has 5 heteroatoms. The molecular weight excluding hydrogens is 318 g/mol. The number of ketones is 2. The van der Waals surface area contributed by atoms with Gasteiger partial charge in [0.15, 0.2) is 11.6 Å². The molecule has 0 saturated carbocycles. The number of ether oxygens (including phenoxy) is 1. The molecule has 1 aromatic rings. The van der Waals surface area contributed by atoms with Crippen molar-refractivity contribution < 1.29 is 19.1 Å². The molecule has 1 heterocycles. The Morgan fingerprint density at radius 3 is 2.28 bits per heavy atom. The van der Waals surface area contributed by atoms with Crippen molar-refractivity contribution in [1.29, 1.82) is 0 Å². The summed E-state index contributed by atoms with van der Waals surface area (Å²) < 4.78 is 5.18. The Labute approximate surface area is 147 Å². The minimum Gasteiger partial charge on any atom is -0.497 e. The highest BCUT2D eigenvalue weighted by molar-refractivity contribution is 6.20. The Bertz CT molecular complexity index is 790. The van der Waals surface area contributed by atoms with E-state index >= 15 is 0 Å². The number of Topliss-reactive ketones (excluding diaryl/α,β-unsaturated/α-hetero) is 1. The topological polar surface area (TPSA) is 63.7 Å². The van der Waals surface area contributed by atoms with Crippen LogP contribution in [0.5, 0.6) is 5.75 Å². The third kappa shape index (κ3) is 2.18. The molecule has 5 nitrogen and oxygen atoms in total. The van der Waals surface area contributed by atoms with Gasteiger partial charge in [-0.1, -0.05) is 20.8 Å². The van der Waals surface area contributed by atoms with Gasteiger partial charge in [-0.2, -0.15) is 0 Å². The lowest BCUT2D eigenvalue weighted by Gasteiger charge is -2.49. The number of nitrogens with zero attached hydrogens (tertiary/aromatic N) is 1. The largest absolute Gasteiger partial charge is 0.497 e. The maximum absolute atomic E-state index is 13.2. The van der Waals surface area contributed by atoms with E-state index in [0.29, 0.717) is 17.0 Å². The van der Waals surface area contributed by atoms with Gasteiger partial charge in [0.2, 0.25) is 5.91 Å². The van der Waals surface area contributed by atoms with E-state index in [9.17, 15) is 14.4 Å². The normalized spacial score (nSPS) is 28.5. The molecule has 3 rings (SSSR count). The average molecular weight is 341 g/mol. The SMILES string of the molecule is COc1ccc(N2C(=O)CC(C)(C)C23C(=O)C=C(C)C(=O)C3C)cc1. The Morgan fingerprint density at radius 2 is 1.72 bits per heavy atom. The van der Waals surface area contributed by atoms with E-state index in [1.165, 1.54) is 6.08 Å². The number of hydrogen-bond donors (Lipinski definition) is 0. The van der Waals surface area contributed by atoms with E-state index in [-0.39, 0.29) is 23.9 Å². The first-order chi connectivity index (χ1) is 11.7. The van der Waals surface area contributed by atoms with Gasteiger partial charge >= 0.3 is 0 Å². The number of carbonyl (C=O) groups is 3. The van der Waals surface area contributed by atoms with Gasteiger partial charge in [0, 0.05) is 17.5 Å². The highest BCUT2D eigenvalue weighted by atomic mass is 16.5. The molecule has 1 aromatic carbocycles. The summed E-state index contributed by atoms with van der Waals surface area (Å²) in [5, 5.41) is 0. The molecule has 1 aliphatic heterocycles. The lowest BCUT2D eigenvalue weighted by molar-refractivity contribution is -0.134. The Balaban J connectivity index is 2.24. The van der Waals surface area contributed by atoms with Crippen LogP contribution in [-0.2, 0) is 14.4 Å². The molecule has 0 N–H and O–H groups in total. The standard InChI is InChI=1S/C20H23NO4/c1-12-10-16(22)20(13(2)18(12)24)19(3,4)11-17(23)21(20)14-6-8-15(25-5)9-7-14/h6-10,13H,11H2,1-5H3. The van der Waals surface area contributed by atoms with Crippen LogP contribution in [0, 0.1) is 11.3 Å². The van der Waals surface area contributed by atoms with Crippen molar-refractivity contribution >= 4 is 23.2 Å². The van der Waals surface area contributed by atoms with Crippen molar-refractivity contribution in [2.75, 3.05) is 12.0 Å². The second kappa shape index (κ2) is 5.55. The molecule has 0 bridgehead atoms. The van der Waals surface area contributed by atoms with E-state index in [2.05, 4.69) is 0 Å². The number of carbonyl (C=O) groups excluding carboxylic acids is 3. The first-order valence-electron chi connectivity index (χ1n) is 8.41. The maximum Gasteiger partial charge on any atom is 0.228 e. The van der Waals surface area contributed by atoms with E-state index < -0.39 is 16.9 Å². The minimum atomic E-state index is -1.20. The van der Waals surface area contributed by atoms with Crippen LogP contribution in [0.2, 0.25) is 0 Å². The quantitative estimate of drug-likeness (QED) is 0.830. The van der Waals surface area contributed by atoms with Crippen LogP contribution < -0.4 is 9.64 Å². The number of amides is 1. The van der Waals surface area contributed by atoms with E-state index in [1.54, 1.807) is 50.1 Å². The number of benzene rings is 1. The molecule has 1 saturated heterocycles. The zero-order valence-corrected chi connectivity index (χ0v) is 15.3. The van der Waals surface area contributed by atoms with Crippen LogP contribution in [0.25, 0.3) is 0 Å². The van der Waals surface area contributed by atoms with E-state index in [4.69, 9.17) is 4.74 Å². The van der Waals surface area contributed by atoms with Crippen molar-refractivity contribution in [3.05, 3.63) is 35.9 Å². The first kappa shape index (κ1) is 17.4. The summed E-state index contributed by atoms with van der Waals surface area (Å²) in [4.78, 5) is 40.4. The second-order valence-corrected chi connectivity index (χ2v) is 7.53.